The highest BCUT2D eigenvalue weighted by Gasteiger charge is 1.94. The third-order valence-corrected chi connectivity index (χ3v) is 1.81. The van der Waals surface area contributed by atoms with Crippen molar-refractivity contribution in [3.05, 3.63) is 34.9 Å². The third kappa shape index (κ3) is 3.58. The van der Waals surface area contributed by atoms with Gasteiger partial charge in [-0.25, -0.2) is 0 Å². The molecule has 14 heavy (non-hydrogen) atoms. The molecular weight excluding hydrogens is 202 g/mol. The lowest BCUT2D eigenvalue weighted by molar-refractivity contribution is -0.138. The molecule has 1 aromatic rings. The number of halogens is 1. The first-order valence-electron chi connectivity index (χ1n) is 4.04. The highest BCUT2D eigenvalue weighted by atomic mass is 35.5. The van der Waals surface area contributed by atoms with Crippen LogP contribution in [0.4, 0.5) is 0 Å². The Balaban J connectivity index is 2.52. The van der Waals surface area contributed by atoms with Gasteiger partial charge in [-0.05, 0) is 17.7 Å². The second-order valence-electron chi connectivity index (χ2n) is 2.60. The zero-order valence-corrected chi connectivity index (χ0v) is 8.49. The number of benzene rings is 1. The van der Waals surface area contributed by atoms with Crippen LogP contribution in [-0.2, 0) is 9.53 Å². The molecule has 0 aromatic heterocycles. The molecule has 0 N–H and O–H groups in total. The van der Waals surface area contributed by atoms with E-state index >= 15 is 0 Å². The van der Waals surface area contributed by atoms with Crippen LogP contribution in [0, 0.1) is 0 Å². The highest BCUT2D eigenvalue weighted by molar-refractivity contribution is 6.30. The van der Waals surface area contributed by atoms with Crippen LogP contribution in [0.15, 0.2) is 29.3 Å². The maximum absolute atomic E-state index is 10.7. The Labute approximate surface area is 87.4 Å². The fourth-order valence-electron chi connectivity index (χ4n) is 0.839. The summed E-state index contributed by atoms with van der Waals surface area (Å²) in [4.78, 5) is 14.6. The molecule has 0 aliphatic carbocycles. The van der Waals surface area contributed by atoms with E-state index in [1.807, 2.05) is 12.1 Å². The van der Waals surface area contributed by atoms with Gasteiger partial charge in [-0.2, -0.15) is 0 Å². The van der Waals surface area contributed by atoms with Crippen LogP contribution in [0.5, 0.6) is 0 Å². The topological polar surface area (TPSA) is 38.7 Å². The molecule has 0 amide bonds. The fraction of sp³-hybridized carbons (Fsp3) is 0.200. The van der Waals surface area contributed by atoms with Crippen molar-refractivity contribution < 1.29 is 9.53 Å². The number of methoxy groups -OCH3 is 1. The summed E-state index contributed by atoms with van der Waals surface area (Å²) in [7, 11) is 1.33. The Morgan fingerprint density at radius 2 is 2.14 bits per heavy atom. The van der Waals surface area contributed by atoms with E-state index in [1.165, 1.54) is 7.11 Å². The predicted octanol–water partition coefficient (Wildman–Crippen LogP) is 1.93. The maximum atomic E-state index is 10.7. The maximum Gasteiger partial charge on any atom is 0.327 e. The molecule has 0 saturated heterocycles. The van der Waals surface area contributed by atoms with Crippen LogP contribution < -0.4 is 0 Å². The second-order valence-corrected chi connectivity index (χ2v) is 3.03. The van der Waals surface area contributed by atoms with Crippen molar-refractivity contribution in [1.82, 2.24) is 0 Å². The molecule has 0 spiro atoms. The number of ether oxygens (including phenoxy) is 1. The van der Waals surface area contributed by atoms with Crippen LogP contribution in [0.1, 0.15) is 5.56 Å². The molecule has 0 radical (unpaired) electrons. The van der Waals surface area contributed by atoms with Gasteiger partial charge in [-0.15, -0.1) is 0 Å². The first-order valence-corrected chi connectivity index (χ1v) is 4.42. The van der Waals surface area contributed by atoms with Gasteiger partial charge in [0, 0.05) is 11.2 Å². The lowest BCUT2D eigenvalue weighted by Crippen LogP contribution is -2.04. The number of hydrogen-bond acceptors (Lipinski definition) is 3. The first kappa shape index (κ1) is 10.7. The molecular formula is C10H10ClNO2. The number of carbonyl (C=O) groups is 1. The standard InChI is InChI=1S/C10H10ClNO2/c1-14-10(13)7-12-6-8-2-4-9(11)5-3-8/h2-6H,7H2,1H3. The van der Waals surface area contributed by atoms with Gasteiger partial charge >= 0.3 is 5.97 Å². The molecule has 0 unspecified atom stereocenters. The van der Waals surface area contributed by atoms with Crippen LogP contribution >= 0.6 is 11.6 Å². The zero-order valence-electron chi connectivity index (χ0n) is 7.74. The van der Waals surface area contributed by atoms with Gasteiger partial charge in [-0.1, -0.05) is 23.7 Å². The Bertz CT molecular complexity index is 332. The van der Waals surface area contributed by atoms with E-state index in [-0.39, 0.29) is 12.5 Å². The largest absolute Gasteiger partial charge is 0.468 e. The van der Waals surface area contributed by atoms with Crippen molar-refractivity contribution >= 4 is 23.8 Å². The van der Waals surface area contributed by atoms with Gasteiger partial charge in [0.15, 0.2) is 0 Å². The minimum Gasteiger partial charge on any atom is -0.468 e. The number of nitrogens with zero attached hydrogens (tertiary/aromatic N) is 1. The van der Waals surface area contributed by atoms with E-state index in [4.69, 9.17) is 11.6 Å². The van der Waals surface area contributed by atoms with Crippen LogP contribution in [0.25, 0.3) is 0 Å². The molecule has 0 fully saturated rings. The fourth-order valence-corrected chi connectivity index (χ4v) is 0.965. The summed E-state index contributed by atoms with van der Waals surface area (Å²) in [5.41, 5.74) is 0.901. The van der Waals surface area contributed by atoms with Crippen molar-refractivity contribution in [3.63, 3.8) is 0 Å². The number of hydrogen-bond donors (Lipinski definition) is 0. The monoisotopic (exact) mass is 211 g/mol. The Kier molecular flexibility index (Phi) is 4.13. The Morgan fingerprint density at radius 3 is 2.71 bits per heavy atom. The normalized spacial score (nSPS) is 10.4. The SMILES string of the molecule is COC(=O)CN=Cc1ccc(Cl)cc1. The minimum atomic E-state index is -0.352. The molecule has 74 valence electrons. The first-order chi connectivity index (χ1) is 6.72. The van der Waals surface area contributed by atoms with Gasteiger partial charge < -0.3 is 4.74 Å². The molecule has 0 bridgehead atoms. The molecule has 0 aliphatic heterocycles. The molecule has 0 aliphatic rings. The van der Waals surface area contributed by atoms with Crippen molar-refractivity contribution in [3.8, 4) is 0 Å². The average molecular weight is 212 g/mol. The lowest BCUT2D eigenvalue weighted by atomic mass is 10.2. The number of aliphatic imine (C=N–C) groups is 1. The molecule has 0 atom stereocenters. The summed E-state index contributed by atoms with van der Waals surface area (Å²) >= 11 is 5.70. The third-order valence-electron chi connectivity index (χ3n) is 1.56. The van der Waals surface area contributed by atoms with Gasteiger partial charge in [0.25, 0.3) is 0 Å². The predicted molar refractivity (Wildman–Crippen MR) is 55.9 cm³/mol. The second kappa shape index (κ2) is 5.40. The van der Waals surface area contributed by atoms with E-state index in [0.29, 0.717) is 5.02 Å². The van der Waals surface area contributed by atoms with E-state index in [0.717, 1.165) is 5.56 Å². The Morgan fingerprint density at radius 1 is 1.50 bits per heavy atom. The van der Waals surface area contributed by atoms with Crippen molar-refractivity contribution in [1.29, 1.82) is 0 Å². The quantitative estimate of drug-likeness (QED) is 0.566. The van der Waals surface area contributed by atoms with Gasteiger partial charge in [0.2, 0.25) is 0 Å². The summed E-state index contributed by atoms with van der Waals surface area (Å²) in [6.45, 7) is 0.0408. The summed E-state index contributed by atoms with van der Waals surface area (Å²) in [5, 5.41) is 0.676. The summed E-state index contributed by atoms with van der Waals surface area (Å²) in [6, 6.07) is 7.17. The van der Waals surface area contributed by atoms with Crippen molar-refractivity contribution in [2.24, 2.45) is 4.99 Å². The number of esters is 1. The van der Waals surface area contributed by atoms with E-state index < -0.39 is 0 Å². The molecule has 0 heterocycles. The lowest BCUT2D eigenvalue weighted by Gasteiger charge is -1.94. The van der Waals surface area contributed by atoms with Gasteiger partial charge in [-0.3, -0.25) is 9.79 Å². The number of carbonyl (C=O) groups excluding carboxylic acids is 1. The highest BCUT2D eigenvalue weighted by Crippen LogP contribution is 2.07. The Hall–Kier alpha value is -1.35. The smallest absolute Gasteiger partial charge is 0.327 e. The molecule has 0 saturated carbocycles. The van der Waals surface area contributed by atoms with Crippen molar-refractivity contribution in [2.45, 2.75) is 0 Å². The zero-order chi connectivity index (χ0) is 10.4. The summed E-state index contributed by atoms with van der Waals surface area (Å²) < 4.78 is 4.43. The minimum absolute atomic E-state index is 0.0408. The summed E-state index contributed by atoms with van der Waals surface area (Å²) in [6.07, 6.45) is 1.60. The molecule has 4 heteroatoms. The summed E-state index contributed by atoms with van der Waals surface area (Å²) in [5.74, 6) is -0.352. The molecule has 1 rings (SSSR count). The van der Waals surface area contributed by atoms with E-state index in [9.17, 15) is 4.79 Å². The van der Waals surface area contributed by atoms with Crippen LogP contribution in [0.3, 0.4) is 0 Å². The van der Waals surface area contributed by atoms with Crippen molar-refractivity contribution in [2.75, 3.05) is 13.7 Å². The average Bonchev–Trinajstić information content (AvgIpc) is 2.21. The van der Waals surface area contributed by atoms with Crippen LogP contribution in [-0.4, -0.2) is 25.8 Å². The molecule has 3 nitrogen and oxygen atoms in total. The van der Waals surface area contributed by atoms with E-state index in [2.05, 4.69) is 9.73 Å². The van der Waals surface area contributed by atoms with Crippen LogP contribution in [0.2, 0.25) is 5.02 Å². The van der Waals surface area contributed by atoms with Gasteiger partial charge in [0.1, 0.15) is 6.54 Å². The van der Waals surface area contributed by atoms with E-state index in [1.54, 1.807) is 18.3 Å². The number of rotatable bonds is 3. The van der Waals surface area contributed by atoms with Gasteiger partial charge in [0.05, 0.1) is 7.11 Å². The molecule has 1 aromatic carbocycles.